The molecule has 1 amide bonds. The fraction of sp³-hybridized carbons (Fsp3) is 0.300. The molecular weight excluding hydrogens is 378 g/mol. The summed E-state index contributed by atoms with van der Waals surface area (Å²) in [6, 6.07) is 11.3. The summed E-state index contributed by atoms with van der Waals surface area (Å²) in [7, 11) is 3.14. The Morgan fingerprint density at radius 3 is 2.45 bits per heavy atom. The molecule has 0 atom stereocenters. The lowest BCUT2D eigenvalue weighted by Gasteiger charge is -2.17. The molecule has 0 aliphatic carbocycles. The van der Waals surface area contributed by atoms with E-state index in [1.165, 1.54) is 17.0 Å². The molecule has 0 fully saturated rings. The quantitative estimate of drug-likeness (QED) is 0.391. The van der Waals surface area contributed by atoms with Crippen molar-refractivity contribution in [2.24, 2.45) is 0 Å². The number of carbonyl (C=O) groups is 2. The first kappa shape index (κ1) is 21.7. The van der Waals surface area contributed by atoms with Crippen molar-refractivity contribution in [2.75, 3.05) is 32.6 Å². The number of ether oxygens (including phenoxy) is 2. The van der Waals surface area contributed by atoms with E-state index < -0.39 is 23.4 Å². The van der Waals surface area contributed by atoms with Gasteiger partial charge in [-0.25, -0.2) is 4.79 Å². The highest BCUT2D eigenvalue weighted by atomic mass is 16.6. The highest BCUT2D eigenvalue weighted by Crippen LogP contribution is 2.25. The summed E-state index contributed by atoms with van der Waals surface area (Å²) in [6.07, 6.45) is 0. The van der Waals surface area contributed by atoms with E-state index >= 15 is 0 Å². The average Bonchev–Trinajstić information content (AvgIpc) is 2.72. The van der Waals surface area contributed by atoms with Crippen LogP contribution in [-0.4, -0.2) is 49.0 Å². The molecule has 0 aliphatic rings. The Morgan fingerprint density at radius 2 is 1.86 bits per heavy atom. The van der Waals surface area contributed by atoms with Crippen molar-refractivity contribution in [1.82, 2.24) is 4.90 Å². The van der Waals surface area contributed by atoms with E-state index in [4.69, 9.17) is 9.47 Å². The lowest BCUT2D eigenvalue weighted by atomic mass is 10.1. The number of benzene rings is 2. The molecule has 0 aromatic heterocycles. The van der Waals surface area contributed by atoms with Crippen molar-refractivity contribution in [2.45, 2.75) is 13.5 Å². The van der Waals surface area contributed by atoms with Crippen LogP contribution in [0.3, 0.4) is 0 Å². The van der Waals surface area contributed by atoms with Gasteiger partial charge in [-0.2, -0.15) is 0 Å². The average molecular weight is 401 g/mol. The summed E-state index contributed by atoms with van der Waals surface area (Å²) in [5, 5.41) is 13.8. The SMILES string of the molecule is CCOc1ccc(CN(C)C(=O)COC(=O)c2ccc(NC)c([N+](=O)[O-])c2)cc1. The van der Waals surface area contributed by atoms with Crippen molar-refractivity contribution in [1.29, 1.82) is 0 Å². The van der Waals surface area contributed by atoms with Crippen LogP contribution in [0.5, 0.6) is 5.75 Å². The summed E-state index contributed by atoms with van der Waals surface area (Å²) < 4.78 is 10.4. The maximum Gasteiger partial charge on any atom is 0.338 e. The molecule has 0 unspecified atom stereocenters. The molecule has 0 saturated carbocycles. The smallest absolute Gasteiger partial charge is 0.338 e. The van der Waals surface area contributed by atoms with Gasteiger partial charge in [-0.3, -0.25) is 14.9 Å². The molecule has 0 saturated heterocycles. The summed E-state index contributed by atoms with van der Waals surface area (Å²) in [5.74, 6) is -0.454. The first-order valence-corrected chi connectivity index (χ1v) is 8.94. The van der Waals surface area contributed by atoms with Gasteiger partial charge in [-0.1, -0.05) is 12.1 Å². The lowest BCUT2D eigenvalue weighted by molar-refractivity contribution is -0.384. The Balaban J connectivity index is 1.93. The van der Waals surface area contributed by atoms with E-state index in [9.17, 15) is 19.7 Å². The Morgan fingerprint density at radius 1 is 1.17 bits per heavy atom. The predicted molar refractivity (Wildman–Crippen MR) is 107 cm³/mol. The van der Waals surface area contributed by atoms with Gasteiger partial charge in [0.25, 0.3) is 11.6 Å². The Labute approximate surface area is 168 Å². The van der Waals surface area contributed by atoms with Crippen molar-refractivity contribution in [3.05, 3.63) is 63.7 Å². The van der Waals surface area contributed by atoms with Gasteiger partial charge in [0.2, 0.25) is 0 Å². The summed E-state index contributed by atoms with van der Waals surface area (Å²) in [6.45, 7) is 2.35. The van der Waals surface area contributed by atoms with Crippen molar-refractivity contribution < 1.29 is 24.0 Å². The molecule has 0 aliphatic heterocycles. The fourth-order valence-corrected chi connectivity index (χ4v) is 2.56. The van der Waals surface area contributed by atoms with Gasteiger partial charge in [0.15, 0.2) is 6.61 Å². The lowest BCUT2D eigenvalue weighted by Crippen LogP contribution is -2.30. The number of nitro groups is 1. The third-order valence-electron chi connectivity index (χ3n) is 4.11. The molecule has 9 nitrogen and oxygen atoms in total. The van der Waals surface area contributed by atoms with Gasteiger partial charge in [-0.05, 0) is 36.8 Å². The fourth-order valence-electron chi connectivity index (χ4n) is 2.56. The van der Waals surface area contributed by atoms with Gasteiger partial charge in [0.05, 0.1) is 17.1 Å². The van der Waals surface area contributed by atoms with Crippen molar-refractivity contribution in [3.8, 4) is 5.75 Å². The Kier molecular flexibility index (Phi) is 7.53. The standard InChI is InChI=1S/C20H23N3O6/c1-4-28-16-8-5-14(6-9-16)12-22(3)19(24)13-29-20(25)15-7-10-17(21-2)18(11-15)23(26)27/h5-11,21H,4,12-13H2,1-3H3. The van der Waals surface area contributed by atoms with Crippen LogP contribution in [0.2, 0.25) is 0 Å². The normalized spacial score (nSPS) is 10.2. The minimum Gasteiger partial charge on any atom is -0.494 e. The highest BCUT2D eigenvalue weighted by molar-refractivity contribution is 5.93. The number of likely N-dealkylation sites (N-methyl/N-ethyl adjacent to an activating group) is 1. The summed E-state index contributed by atoms with van der Waals surface area (Å²) in [4.78, 5) is 36.3. The van der Waals surface area contributed by atoms with Crippen LogP contribution in [0.4, 0.5) is 11.4 Å². The Hall–Kier alpha value is -3.62. The third-order valence-corrected chi connectivity index (χ3v) is 4.11. The largest absolute Gasteiger partial charge is 0.494 e. The van der Waals surface area contributed by atoms with Crippen LogP contribution in [0, 0.1) is 10.1 Å². The number of hydrogen-bond acceptors (Lipinski definition) is 7. The second-order valence-electron chi connectivity index (χ2n) is 6.14. The minimum atomic E-state index is -0.807. The molecule has 0 bridgehead atoms. The van der Waals surface area contributed by atoms with Crippen LogP contribution in [-0.2, 0) is 16.1 Å². The molecule has 0 spiro atoms. The third kappa shape index (κ3) is 5.93. The zero-order chi connectivity index (χ0) is 21.4. The molecule has 154 valence electrons. The summed E-state index contributed by atoms with van der Waals surface area (Å²) in [5.41, 5.74) is 0.921. The number of carbonyl (C=O) groups excluding carboxylic acids is 2. The molecule has 29 heavy (non-hydrogen) atoms. The van der Waals surface area contributed by atoms with Crippen LogP contribution in [0.15, 0.2) is 42.5 Å². The minimum absolute atomic E-state index is 0.00216. The van der Waals surface area contributed by atoms with E-state index in [0.29, 0.717) is 13.2 Å². The second-order valence-corrected chi connectivity index (χ2v) is 6.14. The zero-order valence-corrected chi connectivity index (χ0v) is 16.5. The van der Waals surface area contributed by atoms with E-state index in [1.54, 1.807) is 14.1 Å². The van der Waals surface area contributed by atoms with Crippen LogP contribution in [0.25, 0.3) is 0 Å². The molecule has 2 rings (SSSR count). The van der Waals surface area contributed by atoms with E-state index in [-0.39, 0.29) is 16.9 Å². The molecule has 0 heterocycles. The number of anilines is 1. The maximum atomic E-state index is 12.2. The number of hydrogen-bond donors (Lipinski definition) is 1. The van der Waals surface area contributed by atoms with Gasteiger partial charge in [-0.15, -0.1) is 0 Å². The van der Waals surface area contributed by atoms with Gasteiger partial charge in [0.1, 0.15) is 11.4 Å². The van der Waals surface area contributed by atoms with Crippen LogP contribution < -0.4 is 10.1 Å². The van der Waals surface area contributed by atoms with E-state index in [2.05, 4.69) is 5.32 Å². The maximum absolute atomic E-state index is 12.2. The second kappa shape index (κ2) is 10.1. The van der Waals surface area contributed by atoms with Gasteiger partial charge >= 0.3 is 5.97 Å². The monoisotopic (exact) mass is 401 g/mol. The topological polar surface area (TPSA) is 111 Å². The number of nitrogens with zero attached hydrogens (tertiary/aromatic N) is 2. The zero-order valence-electron chi connectivity index (χ0n) is 16.5. The number of nitrogens with one attached hydrogen (secondary N) is 1. The summed E-state index contributed by atoms with van der Waals surface area (Å²) >= 11 is 0. The highest BCUT2D eigenvalue weighted by Gasteiger charge is 2.19. The molecule has 2 aromatic rings. The first-order chi connectivity index (χ1) is 13.8. The van der Waals surface area contributed by atoms with Crippen molar-refractivity contribution in [3.63, 3.8) is 0 Å². The van der Waals surface area contributed by atoms with Crippen LogP contribution in [0.1, 0.15) is 22.8 Å². The van der Waals surface area contributed by atoms with Gasteiger partial charge < -0.3 is 19.7 Å². The number of nitro benzene ring substituents is 1. The molecule has 0 radical (unpaired) electrons. The number of amides is 1. The van der Waals surface area contributed by atoms with E-state index in [0.717, 1.165) is 17.4 Å². The predicted octanol–water partition coefficient (Wildman–Crippen LogP) is 2.85. The molecule has 9 heteroatoms. The van der Waals surface area contributed by atoms with Crippen molar-refractivity contribution >= 4 is 23.3 Å². The van der Waals surface area contributed by atoms with E-state index in [1.807, 2.05) is 31.2 Å². The number of rotatable bonds is 9. The molecule has 1 N–H and O–H groups in total. The molecular formula is C20H23N3O6. The molecule has 2 aromatic carbocycles. The Bertz CT molecular complexity index is 882. The number of esters is 1. The first-order valence-electron chi connectivity index (χ1n) is 8.94. The van der Waals surface area contributed by atoms with Gasteiger partial charge in [0, 0.05) is 26.7 Å². The van der Waals surface area contributed by atoms with Crippen LogP contribution >= 0.6 is 0 Å².